The maximum Gasteiger partial charge on any atom is 0.137 e. The summed E-state index contributed by atoms with van der Waals surface area (Å²) < 4.78 is 3.71. The van der Waals surface area contributed by atoms with Crippen molar-refractivity contribution in [3.8, 4) is 23.5 Å². The summed E-state index contributed by atoms with van der Waals surface area (Å²) in [7, 11) is 0. The van der Waals surface area contributed by atoms with Gasteiger partial charge in [-0.2, -0.15) is 10.5 Å². The zero-order valence-corrected chi connectivity index (χ0v) is 36.9. The molecule has 4 aromatic carbocycles. The van der Waals surface area contributed by atoms with Crippen LogP contribution in [0.3, 0.4) is 0 Å². The van der Waals surface area contributed by atoms with E-state index in [1.54, 1.807) is 49.8 Å². The van der Waals surface area contributed by atoms with Crippen LogP contribution in [0, 0.1) is 22.7 Å². The number of aromatic nitrogens is 10. The van der Waals surface area contributed by atoms with Gasteiger partial charge in [-0.15, -0.1) is 20.4 Å². The van der Waals surface area contributed by atoms with Crippen molar-refractivity contribution in [3.63, 3.8) is 0 Å². The first-order valence-electron chi connectivity index (χ1n) is 20.3. The van der Waals surface area contributed by atoms with Crippen molar-refractivity contribution in [1.82, 2.24) is 49.5 Å². The second-order valence-corrected chi connectivity index (χ2v) is 16.0. The lowest BCUT2D eigenvalue weighted by atomic mass is 10.0. The Morgan fingerprint density at radius 2 is 1.11 bits per heavy atom. The van der Waals surface area contributed by atoms with Crippen molar-refractivity contribution in [2.75, 3.05) is 28.2 Å². The molecule has 8 aromatic rings. The van der Waals surface area contributed by atoms with Crippen LogP contribution in [0.2, 0.25) is 15.2 Å². The van der Waals surface area contributed by atoms with Gasteiger partial charge in [0, 0.05) is 84.7 Å². The van der Waals surface area contributed by atoms with Crippen LogP contribution in [0.15, 0.2) is 123 Å². The minimum Gasteiger partial charge on any atom is -0.366 e. The molecule has 0 radical (unpaired) electrons. The maximum absolute atomic E-state index is 9.54. The van der Waals surface area contributed by atoms with Gasteiger partial charge in [0.05, 0.1) is 33.9 Å². The van der Waals surface area contributed by atoms with Crippen LogP contribution in [0.25, 0.3) is 11.4 Å². The average molecular weight is 922 g/mol. The van der Waals surface area contributed by atoms with E-state index in [0.717, 1.165) is 88.1 Å². The van der Waals surface area contributed by atoms with Crippen molar-refractivity contribution >= 4 is 52.0 Å². The highest BCUT2D eigenvalue weighted by Crippen LogP contribution is 2.32. The predicted octanol–water partition coefficient (Wildman–Crippen LogP) is 7.70. The first-order valence-corrected chi connectivity index (χ1v) is 21.5. The highest BCUT2D eigenvalue weighted by molar-refractivity contribution is 6.31. The first-order chi connectivity index (χ1) is 31.8. The fourth-order valence-corrected chi connectivity index (χ4v) is 8.04. The third-order valence-corrected chi connectivity index (χ3v) is 11.5. The fraction of sp³-hybridized carbons (Fsp3) is 0.174. The molecule has 0 bridgehead atoms. The summed E-state index contributed by atoms with van der Waals surface area (Å²) in [4.78, 5) is 21.5. The van der Waals surface area contributed by atoms with Gasteiger partial charge in [0.2, 0.25) is 0 Å². The molecule has 2 aliphatic heterocycles. The van der Waals surface area contributed by atoms with Crippen LogP contribution in [-0.4, -0.2) is 62.6 Å². The molecular weight excluding hydrogens is 883 g/mol. The van der Waals surface area contributed by atoms with Gasteiger partial charge >= 0.3 is 0 Å². The molecule has 324 valence electrons. The number of nitrogens with one attached hydrogen (secondary N) is 1. The molecule has 10 rings (SSSR count). The molecule has 0 unspecified atom stereocenters. The summed E-state index contributed by atoms with van der Waals surface area (Å²) in [6.07, 6.45) is 11.3. The van der Waals surface area contributed by atoms with Crippen molar-refractivity contribution in [2.24, 2.45) is 5.73 Å². The molecule has 0 saturated carbocycles. The van der Waals surface area contributed by atoms with Gasteiger partial charge in [-0.1, -0.05) is 59.1 Å². The van der Waals surface area contributed by atoms with Crippen molar-refractivity contribution in [3.05, 3.63) is 183 Å². The Balaban J connectivity index is 0.000000148. The van der Waals surface area contributed by atoms with Gasteiger partial charge in [0.25, 0.3) is 0 Å². The normalized spacial score (nSPS) is 12.6. The van der Waals surface area contributed by atoms with Gasteiger partial charge in [0.1, 0.15) is 61.1 Å². The Morgan fingerprint density at radius 1 is 0.600 bits per heavy atom. The summed E-state index contributed by atoms with van der Waals surface area (Å²) >= 11 is 18.1. The van der Waals surface area contributed by atoms with E-state index in [2.05, 4.69) is 79.7 Å². The van der Waals surface area contributed by atoms with Gasteiger partial charge in [-0.25, -0.2) is 19.9 Å². The summed E-state index contributed by atoms with van der Waals surface area (Å²) in [6.45, 7) is 3.96. The molecule has 0 atom stereocenters. The van der Waals surface area contributed by atoms with Gasteiger partial charge < -0.3 is 20.9 Å². The zero-order valence-electron chi connectivity index (χ0n) is 34.7. The number of rotatable bonds is 8. The average Bonchev–Trinajstić information content (AvgIpc) is 4.11. The lowest BCUT2D eigenvalue weighted by molar-refractivity contribution is 0.704. The van der Waals surface area contributed by atoms with Crippen molar-refractivity contribution < 1.29 is 0 Å². The molecule has 0 fully saturated rings. The number of fused-ring (bicyclic) bond motifs is 2. The molecule has 6 heterocycles. The molecule has 0 amide bonds. The Bertz CT molecular complexity index is 2980. The van der Waals surface area contributed by atoms with E-state index in [1.165, 1.54) is 6.33 Å². The Labute approximate surface area is 389 Å². The molecule has 19 heteroatoms. The number of anilines is 3. The molecule has 0 aliphatic carbocycles. The number of nitrogens with zero attached hydrogens (tertiary/aromatic N) is 14. The Hall–Kier alpha value is -7.47. The molecule has 4 aromatic heterocycles. The van der Waals surface area contributed by atoms with E-state index in [4.69, 9.17) is 40.5 Å². The van der Waals surface area contributed by atoms with Crippen molar-refractivity contribution in [2.45, 2.75) is 39.0 Å². The second-order valence-electron chi connectivity index (χ2n) is 14.8. The highest BCUT2D eigenvalue weighted by atomic mass is 35.5. The standard InChI is InChI=1S/C23H19ClN8.C14H10Cl2N4.C9H10N4/c24-18-4-5-22(17(9-18)10-25)31-7-6-21-20(12-31)23(28-13-27-21)26-11-16-2-1-3-19(8-16)32-14-29-30-15-32;15-10-1-2-13(9(5-10)6-17)20-4-3-12-11(7-20)14(16)19-8-18-12;10-5-8-2-1-3-9(4-8)13-6-11-12-7-13/h1-5,8-9,13-15H,6-7,11-12H2,(H,26,27,28);1-2,5,8H,3-4,7H2;1-4,6-7H,5,10H2. The fourth-order valence-electron chi connectivity index (χ4n) is 7.48. The summed E-state index contributed by atoms with van der Waals surface area (Å²) in [5.41, 5.74) is 16.6. The smallest absolute Gasteiger partial charge is 0.137 e. The molecule has 16 nitrogen and oxygen atoms in total. The van der Waals surface area contributed by atoms with Crippen LogP contribution in [0.5, 0.6) is 0 Å². The van der Waals surface area contributed by atoms with Crippen molar-refractivity contribution in [1.29, 1.82) is 10.5 Å². The first kappa shape index (κ1) is 44.1. The van der Waals surface area contributed by atoms with E-state index in [9.17, 15) is 10.5 Å². The van der Waals surface area contributed by atoms with E-state index in [1.807, 2.05) is 63.7 Å². The van der Waals surface area contributed by atoms with E-state index >= 15 is 0 Å². The van der Waals surface area contributed by atoms with Gasteiger partial charge in [-0.3, -0.25) is 9.13 Å². The highest BCUT2D eigenvalue weighted by Gasteiger charge is 2.24. The number of hydrogen-bond acceptors (Lipinski definition) is 14. The van der Waals surface area contributed by atoms with Crippen LogP contribution in [0.1, 0.15) is 44.8 Å². The third kappa shape index (κ3) is 10.7. The topological polar surface area (TPSA) is 205 Å². The predicted molar refractivity (Wildman–Crippen MR) is 249 cm³/mol. The monoisotopic (exact) mass is 920 g/mol. The van der Waals surface area contributed by atoms with Crippen LogP contribution in [0.4, 0.5) is 17.2 Å². The van der Waals surface area contributed by atoms with Gasteiger partial charge in [0.15, 0.2) is 0 Å². The molecule has 0 spiro atoms. The lowest BCUT2D eigenvalue weighted by Crippen LogP contribution is -2.32. The Morgan fingerprint density at radius 3 is 1.66 bits per heavy atom. The zero-order chi connectivity index (χ0) is 45.1. The quantitative estimate of drug-likeness (QED) is 0.140. The van der Waals surface area contributed by atoms with E-state index in [-0.39, 0.29) is 0 Å². The third-order valence-electron chi connectivity index (χ3n) is 10.7. The number of nitrogens with two attached hydrogens (primary N) is 1. The molecule has 0 saturated heterocycles. The number of hydrogen-bond donors (Lipinski definition) is 2. The summed E-state index contributed by atoms with van der Waals surface area (Å²) in [6, 6.07) is 31.3. The molecule has 65 heavy (non-hydrogen) atoms. The van der Waals surface area contributed by atoms with E-state index < -0.39 is 0 Å². The summed E-state index contributed by atoms with van der Waals surface area (Å²) in [5.74, 6) is 0.807. The SMILES string of the molecule is N#Cc1cc(Cl)ccc1N1CCc2ncnc(Cl)c2C1.N#Cc1cc(Cl)ccc1N1CCc2ncnc(NCc3cccc(-n4cnnc4)c3)c2C1.NCc1cccc(-n2cnnc2)c1. The molecule has 2 aliphatic rings. The second kappa shape index (κ2) is 20.8. The number of nitriles is 2. The van der Waals surface area contributed by atoms with Crippen LogP contribution < -0.4 is 20.9 Å². The molecular formula is C46H39Cl3N16. The number of benzene rings is 4. The lowest BCUT2D eigenvalue weighted by Gasteiger charge is -2.31. The summed E-state index contributed by atoms with van der Waals surface area (Å²) in [5, 5.41) is 39.0. The Kier molecular flexibility index (Phi) is 14.1. The minimum absolute atomic E-state index is 0.479. The maximum atomic E-state index is 9.54. The van der Waals surface area contributed by atoms with Crippen LogP contribution >= 0.6 is 34.8 Å². The van der Waals surface area contributed by atoms with Crippen LogP contribution in [-0.2, 0) is 39.0 Å². The van der Waals surface area contributed by atoms with Gasteiger partial charge in [-0.05, 0) is 71.8 Å². The largest absolute Gasteiger partial charge is 0.366 e. The molecule has 3 N–H and O–H groups in total. The minimum atomic E-state index is 0.479. The van der Waals surface area contributed by atoms with E-state index in [0.29, 0.717) is 52.5 Å². The number of halogens is 3.